The topological polar surface area (TPSA) is 0 Å². The van der Waals surface area contributed by atoms with Crippen LogP contribution in [0.4, 0.5) is 0 Å². The highest BCUT2D eigenvalue weighted by molar-refractivity contribution is 5.68. The molecule has 0 heterocycles. The average Bonchev–Trinajstić information content (AvgIpc) is 2.46. The van der Waals surface area contributed by atoms with Crippen LogP contribution in [0.2, 0.25) is 0 Å². The van der Waals surface area contributed by atoms with Crippen molar-refractivity contribution >= 4 is 0 Å². The van der Waals surface area contributed by atoms with Crippen LogP contribution in [0.3, 0.4) is 0 Å². The number of hydrogen-bond acceptors (Lipinski definition) is 0. The van der Waals surface area contributed by atoms with E-state index in [0.717, 1.165) is 23.1 Å². The molecule has 88 valence electrons. The Kier molecular flexibility index (Phi) is 2.13. The van der Waals surface area contributed by atoms with E-state index in [2.05, 4.69) is 13.8 Å². The van der Waals surface area contributed by atoms with E-state index < -0.39 is 0 Å². The summed E-state index contributed by atoms with van der Waals surface area (Å²) >= 11 is 0. The SMILES string of the molecule is [2H]c1c([2H])c([2H])c(-c2cccc(CC(C)C)c2C)c([2H])c1[2H]. The van der Waals surface area contributed by atoms with Crippen molar-refractivity contribution in [1.82, 2.24) is 0 Å². The maximum absolute atomic E-state index is 8.11. The van der Waals surface area contributed by atoms with Crippen LogP contribution >= 0.6 is 0 Å². The molecule has 0 amide bonds. The molecule has 0 nitrogen and oxygen atoms in total. The molecule has 2 aromatic carbocycles. The minimum absolute atomic E-state index is 0.143. The molecular formula is C17H20. The van der Waals surface area contributed by atoms with Crippen LogP contribution in [0.5, 0.6) is 0 Å². The molecule has 0 aromatic heterocycles. The van der Waals surface area contributed by atoms with Crippen LogP contribution in [0.15, 0.2) is 48.4 Å². The molecule has 0 aliphatic carbocycles. The van der Waals surface area contributed by atoms with Gasteiger partial charge < -0.3 is 0 Å². The zero-order chi connectivity index (χ0) is 16.6. The summed E-state index contributed by atoms with van der Waals surface area (Å²) in [7, 11) is 0. The molecule has 2 aromatic rings. The van der Waals surface area contributed by atoms with Gasteiger partial charge in [-0.2, -0.15) is 0 Å². The van der Waals surface area contributed by atoms with E-state index in [-0.39, 0.29) is 35.8 Å². The van der Waals surface area contributed by atoms with Crippen molar-refractivity contribution in [3.8, 4) is 11.1 Å². The third-order valence-electron chi connectivity index (χ3n) is 2.84. The third kappa shape index (κ3) is 2.76. The highest BCUT2D eigenvalue weighted by Crippen LogP contribution is 2.26. The van der Waals surface area contributed by atoms with Crippen LogP contribution < -0.4 is 0 Å². The molecule has 0 fully saturated rings. The fourth-order valence-electron chi connectivity index (χ4n) is 2.00. The van der Waals surface area contributed by atoms with Gasteiger partial charge in [0.15, 0.2) is 0 Å². The highest BCUT2D eigenvalue weighted by atomic mass is 14.1. The van der Waals surface area contributed by atoms with E-state index in [1.54, 1.807) is 0 Å². The first kappa shape index (κ1) is 7.00. The first-order valence-electron chi connectivity index (χ1n) is 8.41. The Bertz CT molecular complexity index is 690. The lowest BCUT2D eigenvalue weighted by molar-refractivity contribution is 0.645. The number of rotatable bonds is 3. The second-order valence-corrected chi connectivity index (χ2v) is 4.69. The Labute approximate surface area is 111 Å². The highest BCUT2D eigenvalue weighted by Gasteiger charge is 2.06. The summed E-state index contributed by atoms with van der Waals surface area (Å²) in [5, 5.41) is 0. The maximum Gasteiger partial charge on any atom is 0.0629 e. The smallest absolute Gasteiger partial charge is 0.0625 e. The Morgan fingerprint density at radius 2 is 1.82 bits per heavy atom. The summed E-state index contributed by atoms with van der Waals surface area (Å²) in [6, 6.07) is 4.54. The van der Waals surface area contributed by atoms with E-state index in [0.29, 0.717) is 5.92 Å². The lowest BCUT2D eigenvalue weighted by Gasteiger charge is -2.13. The van der Waals surface area contributed by atoms with Gasteiger partial charge in [0.2, 0.25) is 0 Å². The van der Waals surface area contributed by atoms with Crippen molar-refractivity contribution in [2.24, 2.45) is 5.92 Å². The fourth-order valence-corrected chi connectivity index (χ4v) is 2.00. The van der Waals surface area contributed by atoms with E-state index in [9.17, 15) is 0 Å². The van der Waals surface area contributed by atoms with E-state index in [4.69, 9.17) is 6.85 Å². The lowest BCUT2D eigenvalue weighted by Crippen LogP contribution is -1.98. The molecular weight excluding hydrogens is 204 g/mol. The van der Waals surface area contributed by atoms with Gasteiger partial charge in [-0.1, -0.05) is 62.3 Å². The minimum atomic E-state index is -0.352. The van der Waals surface area contributed by atoms with Gasteiger partial charge in [-0.05, 0) is 41.5 Å². The van der Waals surface area contributed by atoms with Crippen molar-refractivity contribution < 1.29 is 6.85 Å². The van der Waals surface area contributed by atoms with Gasteiger partial charge in [0.1, 0.15) is 0 Å². The normalized spacial score (nSPS) is 14.9. The van der Waals surface area contributed by atoms with Crippen LogP contribution in [0.1, 0.15) is 31.8 Å². The molecule has 0 aliphatic rings. The number of hydrogen-bond donors (Lipinski definition) is 0. The number of benzene rings is 2. The molecule has 0 aliphatic heterocycles. The van der Waals surface area contributed by atoms with E-state index in [1.165, 1.54) is 0 Å². The zero-order valence-electron chi connectivity index (χ0n) is 15.5. The fraction of sp³-hybridized carbons (Fsp3) is 0.294. The second-order valence-electron chi connectivity index (χ2n) is 4.69. The van der Waals surface area contributed by atoms with Gasteiger partial charge in [-0.25, -0.2) is 0 Å². The Morgan fingerprint density at radius 1 is 1.12 bits per heavy atom. The molecule has 0 spiro atoms. The summed E-state index contributed by atoms with van der Waals surface area (Å²) in [6.07, 6.45) is 0.901. The second kappa shape index (κ2) is 5.18. The molecule has 0 saturated carbocycles. The monoisotopic (exact) mass is 229 g/mol. The molecule has 0 heteroatoms. The van der Waals surface area contributed by atoms with Gasteiger partial charge >= 0.3 is 0 Å². The molecule has 17 heavy (non-hydrogen) atoms. The lowest BCUT2D eigenvalue weighted by atomic mass is 9.92. The molecule has 0 N–H and O–H groups in total. The van der Waals surface area contributed by atoms with E-state index in [1.807, 2.05) is 25.1 Å². The Balaban J connectivity index is 2.73. The summed E-state index contributed by atoms with van der Waals surface area (Å²) in [5.41, 5.74) is 3.14. The van der Waals surface area contributed by atoms with E-state index >= 15 is 0 Å². The first-order valence-corrected chi connectivity index (χ1v) is 5.91. The molecule has 0 saturated heterocycles. The molecule has 2 rings (SSSR count). The van der Waals surface area contributed by atoms with Crippen LogP contribution in [0, 0.1) is 12.8 Å². The van der Waals surface area contributed by atoms with Crippen molar-refractivity contribution in [1.29, 1.82) is 0 Å². The average molecular weight is 229 g/mol. The summed E-state index contributed by atoms with van der Waals surface area (Å²) in [5.74, 6) is 0.494. The predicted octanol–water partition coefficient (Wildman–Crippen LogP) is 4.86. The third-order valence-corrected chi connectivity index (χ3v) is 2.84. The minimum Gasteiger partial charge on any atom is -0.0625 e. The van der Waals surface area contributed by atoms with Crippen molar-refractivity contribution in [2.45, 2.75) is 27.2 Å². The van der Waals surface area contributed by atoms with Gasteiger partial charge in [0.25, 0.3) is 0 Å². The molecule has 0 unspecified atom stereocenters. The summed E-state index contributed by atoms with van der Waals surface area (Å²) in [4.78, 5) is 0. The van der Waals surface area contributed by atoms with Crippen LogP contribution in [-0.4, -0.2) is 0 Å². The summed E-state index contributed by atoms with van der Waals surface area (Å²) < 4.78 is 39.5. The first-order chi connectivity index (χ1) is 10.3. The van der Waals surface area contributed by atoms with Crippen molar-refractivity contribution in [2.75, 3.05) is 0 Å². The molecule has 0 bridgehead atoms. The maximum atomic E-state index is 8.11. The van der Waals surface area contributed by atoms with Crippen LogP contribution in [-0.2, 0) is 6.42 Å². The summed E-state index contributed by atoms with van der Waals surface area (Å²) in [6.45, 7) is 6.22. The largest absolute Gasteiger partial charge is 0.0629 e. The molecule has 0 atom stereocenters. The zero-order valence-corrected chi connectivity index (χ0v) is 10.5. The molecule has 0 radical (unpaired) electrons. The standard InChI is InChI=1S/C17H20/c1-13(2)12-16-10-7-11-17(14(16)3)15-8-5-4-6-9-15/h4-11,13H,12H2,1-3H3/i4D,5D,6D,8D,9D. The van der Waals surface area contributed by atoms with Gasteiger partial charge in [-0.15, -0.1) is 0 Å². The van der Waals surface area contributed by atoms with Crippen molar-refractivity contribution in [3.05, 3.63) is 59.5 Å². The van der Waals surface area contributed by atoms with Gasteiger partial charge in [0.05, 0.1) is 6.85 Å². The van der Waals surface area contributed by atoms with Gasteiger partial charge in [-0.3, -0.25) is 0 Å². The van der Waals surface area contributed by atoms with Crippen LogP contribution in [0.25, 0.3) is 11.1 Å². The Hall–Kier alpha value is -1.56. The van der Waals surface area contributed by atoms with Crippen molar-refractivity contribution in [3.63, 3.8) is 0 Å². The quantitative estimate of drug-likeness (QED) is 0.705. The predicted molar refractivity (Wildman–Crippen MR) is 75.2 cm³/mol. The van der Waals surface area contributed by atoms with Gasteiger partial charge in [0, 0.05) is 0 Å². The Morgan fingerprint density at radius 3 is 2.47 bits per heavy atom.